The van der Waals surface area contributed by atoms with E-state index < -0.39 is 0 Å². The molecule has 0 aliphatic heterocycles. The first kappa shape index (κ1) is 19.1. The zero-order valence-corrected chi connectivity index (χ0v) is 15.4. The van der Waals surface area contributed by atoms with E-state index in [-0.39, 0.29) is 11.8 Å². The van der Waals surface area contributed by atoms with Crippen molar-refractivity contribution in [1.29, 1.82) is 0 Å². The minimum absolute atomic E-state index is 0.101. The van der Waals surface area contributed by atoms with E-state index in [1.165, 1.54) is 4.90 Å². The normalized spacial score (nSPS) is 14.0. The average molecular weight is 363 g/mol. The van der Waals surface area contributed by atoms with Crippen LogP contribution in [-0.2, 0) is 9.59 Å². The number of halogens is 1. The van der Waals surface area contributed by atoms with Crippen LogP contribution in [0.5, 0.6) is 5.75 Å². The van der Waals surface area contributed by atoms with E-state index in [2.05, 4.69) is 11.9 Å². The largest absolute Gasteiger partial charge is 0.488 e. The zero-order valence-electron chi connectivity index (χ0n) is 14.6. The van der Waals surface area contributed by atoms with Gasteiger partial charge in [-0.25, -0.2) is 0 Å². The quantitative estimate of drug-likeness (QED) is 0.783. The lowest BCUT2D eigenvalue weighted by molar-refractivity contribution is -0.125. The smallest absolute Gasteiger partial charge is 0.252 e. The second-order valence-electron chi connectivity index (χ2n) is 6.06. The maximum atomic E-state index is 12.7. The van der Waals surface area contributed by atoms with E-state index in [4.69, 9.17) is 16.3 Å². The maximum absolute atomic E-state index is 12.7. The standard InChI is InChI=1S/C19H23ClN2O3/c1-4-11-25-17-12-13(9-10-16(17)20)21-18(23)14-7-5-6-8-15(14)19(24)22(2)3/h4,9-10,12H,1,5-8,11H2,2-3H3,(H,21,23). The number of carbonyl (C=O) groups is 2. The van der Waals surface area contributed by atoms with Gasteiger partial charge in [-0.2, -0.15) is 0 Å². The molecule has 5 nitrogen and oxygen atoms in total. The van der Waals surface area contributed by atoms with Crippen LogP contribution in [0, 0.1) is 0 Å². The number of rotatable bonds is 6. The van der Waals surface area contributed by atoms with Gasteiger partial charge in [0.1, 0.15) is 12.4 Å². The Bertz CT molecular complexity index is 711. The first-order chi connectivity index (χ1) is 11.9. The SMILES string of the molecule is C=CCOc1cc(NC(=O)C2=C(C(=O)N(C)C)CCCC2)ccc1Cl. The number of benzene rings is 1. The van der Waals surface area contributed by atoms with Crippen molar-refractivity contribution in [3.63, 3.8) is 0 Å². The van der Waals surface area contributed by atoms with Gasteiger partial charge in [0.25, 0.3) is 5.91 Å². The lowest BCUT2D eigenvalue weighted by atomic mass is 9.90. The molecule has 1 N–H and O–H groups in total. The van der Waals surface area contributed by atoms with Gasteiger partial charge >= 0.3 is 0 Å². The number of amides is 2. The molecular weight excluding hydrogens is 340 g/mol. The minimum Gasteiger partial charge on any atom is -0.488 e. The molecule has 2 amide bonds. The van der Waals surface area contributed by atoms with Crippen LogP contribution < -0.4 is 10.1 Å². The molecule has 0 saturated heterocycles. The third kappa shape index (κ3) is 4.86. The number of carbonyl (C=O) groups excluding carboxylic acids is 2. The fourth-order valence-corrected chi connectivity index (χ4v) is 2.88. The highest BCUT2D eigenvalue weighted by atomic mass is 35.5. The number of anilines is 1. The summed E-state index contributed by atoms with van der Waals surface area (Å²) in [5, 5.41) is 3.31. The molecule has 1 aromatic rings. The number of ether oxygens (including phenoxy) is 1. The van der Waals surface area contributed by atoms with Crippen molar-refractivity contribution >= 4 is 29.1 Å². The van der Waals surface area contributed by atoms with E-state index in [0.29, 0.717) is 47.1 Å². The first-order valence-electron chi connectivity index (χ1n) is 8.22. The lowest BCUT2D eigenvalue weighted by Crippen LogP contribution is -2.28. The number of hydrogen-bond donors (Lipinski definition) is 1. The highest BCUT2D eigenvalue weighted by Gasteiger charge is 2.25. The van der Waals surface area contributed by atoms with Crippen LogP contribution in [-0.4, -0.2) is 37.4 Å². The topological polar surface area (TPSA) is 58.6 Å². The van der Waals surface area contributed by atoms with Crippen LogP contribution in [0.2, 0.25) is 5.02 Å². The highest BCUT2D eigenvalue weighted by molar-refractivity contribution is 6.32. The van der Waals surface area contributed by atoms with Crippen LogP contribution in [0.1, 0.15) is 25.7 Å². The minimum atomic E-state index is -0.248. The first-order valence-corrected chi connectivity index (χ1v) is 8.60. The van der Waals surface area contributed by atoms with E-state index in [0.717, 1.165) is 12.8 Å². The predicted octanol–water partition coefficient (Wildman–Crippen LogP) is 3.80. The fourth-order valence-electron chi connectivity index (χ4n) is 2.71. The summed E-state index contributed by atoms with van der Waals surface area (Å²) in [5.74, 6) is 0.124. The Labute approximate surface area is 153 Å². The van der Waals surface area contributed by atoms with Gasteiger partial charge in [0, 0.05) is 37.0 Å². The van der Waals surface area contributed by atoms with Crippen LogP contribution in [0.25, 0.3) is 0 Å². The van der Waals surface area contributed by atoms with Gasteiger partial charge in [-0.1, -0.05) is 24.3 Å². The molecule has 0 saturated carbocycles. The molecule has 0 unspecified atom stereocenters. The Hall–Kier alpha value is -2.27. The molecular formula is C19H23ClN2O3. The van der Waals surface area contributed by atoms with Gasteiger partial charge < -0.3 is 15.0 Å². The van der Waals surface area contributed by atoms with Crippen molar-refractivity contribution in [2.75, 3.05) is 26.0 Å². The Kier molecular flexibility index (Phi) is 6.65. The Balaban J connectivity index is 2.22. The van der Waals surface area contributed by atoms with Crippen molar-refractivity contribution in [1.82, 2.24) is 4.90 Å². The van der Waals surface area contributed by atoms with Crippen molar-refractivity contribution < 1.29 is 14.3 Å². The van der Waals surface area contributed by atoms with E-state index in [1.807, 2.05) is 0 Å². The summed E-state index contributed by atoms with van der Waals surface area (Å²) >= 11 is 6.09. The van der Waals surface area contributed by atoms with Crippen LogP contribution in [0.15, 0.2) is 42.0 Å². The van der Waals surface area contributed by atoms with Gasteiger partial charge in [-0.05, 0) is 37.8 Å². The fraction of sp³-hybridized carbons (Fsp3) is 0.368. The van der Waals surface area contributed by atoms with Gasteiger partial charge in [-0.15, -0.1) is 0 Å². The van der Waals surface area contributed by atoms with Crippen molar-refractivity contribution in [2.45, 2.75) is 25.7 Å². The molecule has 1 aliphatic carbocycles. The third-order valence-corrected chi connectivity index (χ3v) is 4.26. The molecule has 25 heavy (non-hydrogen) atoms. The second kappa shape index (κ2) is 8.72. The second-order valence-corrected chi connectivity index (χ2v) is 6.47. The van der Waals surface area contributed by atoms with E-state index in [9.17, 15) is 9.59 Å². The Morgan fingerprint density at radius 2 is 1.96 bits per heavy atom. The van der Waals surface area contributed by atoms with Crippen molar-refractivity contribution in [3.8, 4) is 5.75 Å². The summed E-state index contributed by atoms with van der Waals surface area (Å²) in [6.07, 6.45) is 4.68. The number of likely N-dealkylation sites (N-methyl/N-ethyl adjacent to an activating group) is 1. The maximum Gasteiger partial charge on any atom is 0.252 e. The summed E-state index contributed by atoms with van der Waals surface area (Å²) in [5.41, 5.74) is 1.74. The number of nitrogens with one attached hydrogen (secondary N) is 1. The number of hydrogen-bond acceptors (Lipinski definition) is 3. The van der Waals surface area contributed by atoms with Gasteiger partial charge in [0.2, 0.25) is 5.91 Å². The molecule has 6 heteroatoms. The Morgan fingerprint density at radius 1 is 1.28 bits per heavy atom. The predicted molar refractivity (Wildman–Crippen MR) is 100.0 cm³/mol. The van der Waals surface area contributed by atoms with E-state index >= 15 is 0 Å². The molecule has 0 radical (unpaired) electrons. The highest BCUT2D eigenvalue weighted by Crippen LogP contribution is 2.30. The third-order valence-electron chi connectivity index (χ3n) is 3.95. The molecule has 2 rings (SSSR count). The summed E-state index contributed by atoms with van der Waals surface area (Å²) in [6, 6.07) is 5.04. The molecule has 0 heterocycles. The van der Waals surface area contributed by atoms with Crippen LogP contribution >= 0.6 is 11.6 Å². The summed E-state index contributed by atoms with van der Waals surface area (Å²) < 4.78 is 5.47. The van der Waals surface area contributed by atoms with Crippen LogP contribution in [0.4, 0.5) is 5.69 Å². The van der Waals surface area contributed by atoms with Crippen molar-refractivity contribution in [3.05, 3.63) is 47.0 Å². The summed E-state index contributed by atoms with van der Waals surface area (Å²) in [4.78, 5) is 26.5. The molecule has 0 atom stereocenters. The lowest BCUT2D eigenvalue weighted by Gasteiger charge is -2.22. The molecule has 1 aliphatic rings. The monoisotopic (exact) mass is 362 g/mol. The van der Waals surface area contributed by atoms with Crippen molar-refractivity contribution in [2.24, 2.45) is 0 Å². The molecule has 134 valence electrons. The number of nitrogens with zero attached hydrogens (tertiary/aromatic N) is 1. The average Bonchev–Trinajstić information content (AvgIpc) is 2.61. The summed E-state index contributed by atoms with van der Waals surface area (Å²) in [7, 11) is 3.39. The molecule has 1 aromatic carbocycles. The summed E-state index contributed by atoms with van der Waals surface area (Å²) in [6.45, 7) is 3.92. The van der Waals surface area contributed by atoms with E-state index in [1.54, 1.807) is 38.4 Å². The molecule has 0 aromatic heterocycles. The van der Waals surface area contributed by atoms with Crippen LogP contribution in [0.3, 0.4) is 0 Å². The van der Waals surface area contributed by atoms with Gasteiger partial charge in [-0.3, -0.25) is 9.59 Å². The molecule has 0 spiro atoms. The Morgan fingerprint density at radius 3 is 2.60 bits per heavy atom. The molecule has 0 fully saturated rings. The molecule has 0 bridgehead atoms. The zero-order chi connectivity index (χ0) is 18.4. The van der Waals surface area contributed by atoms with Gasteiger partial charge in [0.15, 0.2) is 0 Å². The van der Waals surface area contributed by atoms with Gasteiger partial charge in [0.05, 0.1) is 5.02 Å².